The SMILES string of the molecule is CC(=O)OC1CC(=O)N(C)C1=O. The second-order valence-corrected chi connectivity index (χ2v) is 2.59. The first-order valence-electron chi connectivity index (χ1n) is 3.50. The normalized spacial score (nSPS) is 23.2. The minimum atomic E-state index is -0.903. The molecule has 0 aromatic heterocycles. The zero-order chi connectivity index (χ0) is 9.30. The average Bonchev–Trinajstić information content (AvgIpc) is 2.17. The summed E-state index contributed by atoms with van der Waals surface area (Å²) in [4.78, 5) is 33.4. The Morgan fingerprint density at radius 1 is 1.58 bits per heavy atom. The molecule has 12 heavy (non-hydrogen) atoms. The lowest BCUT2D eigenvalue weighted by Gasteiger charge is -2.07. The number of ether oxygens (including phenoxy) is 1. The van der Waals surface area contributed by atoms with E-state index in [1.54, 1.807) is 0 Å². The van der Waals surface area contributed by atoms with Gasteiger partial charge in [0, 0.05) is 14.0 Å². The Labute approximate surface area is 69.3 Å². The van der Waals surface area contributed by atoms with Crippen molar-refractivity contribution in [3.8, 4) is 0 Å². The quantitative estimate of drug-likeness (QED) is 0.387. The van der Waals surface area contributed by atoms with Crippen LogP contribution in [0.3, 0.4) is 0 Å². The Morgan fingerprint density at radius 3 is 2.50 bits per heavy atom. The van der Waals surface area contributed by atoms with Crippen LogP contribution in [-0.4, -0.2) is 35.8 Å². The number of likely N-dealkylation sites (N-methyl/N-ethyl adjacent to an activating group) is 1. The van der Waals surface area contributed by atoms with Crippen molar-refractivity contribution in [3.05, 3.63) is 0 Å². The van der Waals surface area contributed by atoms with E-state index in [-0.39, 0.29) is 12.3 Å². The Kier molecular flexibility index (Phi) is 2.12. The summed E-state index contributed by atoms with van der Waals surface area (Å²) in [5, 5.41) is 0. The van der Waals surface area contributed by atoms with Gasteiger partial charge in [0.15, 0.2) is 6.10 Å². The molecule has 1 aliphatic rings. The third-order valence-corrected chi connectivity index (χ3v) is 1.65. The summed E-state index contributed by atoms with van der Waals surface area (Å²) in [6, 6.07) is 0. The van der Waals surface area contributed by atoms with E-state index in [0.717, 1.165) is 4.90 Å². The zero-order valence-electron chi connectivity index (χ0n) is 6.86. The second kappa shape index (κ2) is 2.92. The molecule has 0 N–H and O–H groups in total. The van der Waals surface area contributed by atoms with E-state index in [0.29, 0.717) is 0 Å². The number of nitrogens with zero attached hydrogens (tertiary/aromatic N) is 1. The fourth-order valence-electron chi connectivity index (χ4n) is 1.01. The highest BCUT2D eigenvalue weighted by molar-refractivity contribution is 6.05. The predicted octanol–water partition coefficient (Wildman–Crippen LogP) is -0.693. The lowest BCUT2D eigenvalue weighted by molar-refractivity contribution is -0.154. The molecule has 1 fully saturated rings. The van der Waals surface area contributed by atoms with Gasteiger partial charge in [-0.15, -0.1) is 0 Å². The fraction of sp³-hybridized carbons (Fsp3) is 0.571. The van der Waals surface area contributed by atoms with Crippen molar-refractivity contribution in [3.63, 3.8) is 0 Å². The first-order valence-corrected chi connectivity index (χ1v) is 3.50. The van der Waals surface area contributed by atoms with Crippen molar-refractivity contribution in [2.24, 2.45) is 0 Å². The van der Waals surface area contributed by atoms with Gasteiger partial charge in [-0.25, -0.2) is 0 Å². The number of imide groups is 1. The zero-order valence-corrected chi connectivity index (χ0v) is 6.86. The largest absolute Gasteiger partial charge is 0.452 e. The van der Waals surface area contributed by atoms with Gasteiger partial charge in [-0.05, 0) is 0 Å². The van der Waals surface area contributed by atoms with Gasteiger partial charge in [-0.2, -0.15) is 0 Å². The maximum atomic E-state index is 11.1. The number of hydrogen-bond donors (Lipinski definition) is 0. The summed E-state index contributed by atoms with van der Waals surface area (Å²) in [5.41, 5.74) is 0. The standard InChI is InChI=1S/C7H9NO4/c1-4(9)12-5-3-6(10)8(2)7(5)11/h5H,3H2,1-2H3. The molecule has 5 heteroatoms. The molecule has 1 rings (SSSR count). The molecule has 2 amide bonds. The van der Waals surface area contributed by atoms with Crippen LogP contribution in [0.25, 0.3) is 0 Å². The van der Waals surface area contributed by atoms with Crippen molar-refractivity contribution in [1.82, 2.24) is 4.90 Å². The highest BCUT2D eigenvalue weighted by Crippen LogP contribution is 2.13. The van der Waals surface area contributed by atoms with Crippen molar-refractivity contribution >= 4 is 17.8 Å². The lowest BCUT2D eigenvalue weighted by atomic mass is 10.3. The summed E-state index contributed by atoms with van der Waals surface area (Å²) in [7, 11) is 1.37. The monoisotopic (exact) mass is 171 g/mol. The first-order chi connectivity index (χ1) is 5.52. The van der Waals surface area contributed by atoms with E-state index in [4.69, 9.17) is 0 Å². The summed E-state index contributed by atoms with van der Waals surface area (Å²) >= 11 is 0. The van der Waals surface area contributed by atoms with Gasteiger partial charge in [0.2, 0.25) is 5.91 Å². The lowest BCUT2D eigenvalue weighted by Crippen LogP contribution is -2.29. The number of amides is 2. The molecule has 0 aliphatic carbocycles. The van der Waals surface area contributed by atoms with E-state index in [1.165, 1.54) is 14.0 Å². The maximum absolute atomic E-state index is 11.1. The van der Waals surface area contributed by atoms with Crippen LogP contribution in [0.2, 0.25) is 0 Å². The Balaban J connectivity index is 2.65. The van der Waals surface area contributed by atoms with Crippen LogP contribution < -0.4 is 0 Å². The fourth-order valence-corrected chi connectivity index (χ4v) is 1.01. The Morgan fingerprint density at radius 2 is 2.17 bits per heavy atom. The number of esters is 1. The van der Waals surface area contributed by atoms with Crippen LogP contribution in [-0.2, 0) is 19.1 Å². The number of hydrogen-bond acceptors (Lipinski definition) is 4. The van der Waals surface area contributed by atoms with Crippen molar-refractivity contribution in [1.29, 1.82) is 0 Å². The van der Waals surface area contributed by atoms with Crippen molar-refractivity contribution in [2.75, 3.05) is 7.05 Å². The highest BCUT2D eigenvalue weighted by Gasteiger charge is 2.38. The van der Waals surface area contributed by atoms with Crippen molar-refractivity contribution in [2.45, 2.75) is 19.4 Å². The van der Waals surface area contributed by atoms with Crippen LogP contribution in [0.1, 0.15) is 13.3 Å². The van der Waals surface area contributed by atoms with Gasteiger partial charge in [0.1, 0.15) is 0 Å². The van der Waals surface area contributed by atoms with E-state index in [9.17, 15) is 14.4 Å². The summed E-state index contributed by atoms with van der Waals surface area (Å²) in [6.45, 7) is 1.20. The topological polar surface area (TPSA) is 63.7 Å². The molecule has 0 radical (unpaired) electrons. The molecule has 1 aliphatic heterocycles. The summed E-state index contributed by atoms with van der Waals surface area (Å²) in [5.74, 6) is -1.31. The molecule has 66 valence electrons. The van der Waals surface area contributed by atoms with Gasteiger partial charge < -0.3 is 4.74 Å². The van der Waals surface area contributed by atoms with Crippen molar-refractivity contribution < 1.29 is 19.1 Å². The second-order valence-electron chi connectivity index (χ2n) is 2.59. The van der Waals surface area contributed by atoms with Crippen LogP contribution in [0.4, 0.5) is 0 Å². The minimum absolute atomic E-state index is 0.0328. The number of rotatable bonds is 1. The minimum Gasteiger partial charge on any atom is -0.452 e. The molecule has 0 aromatic carbocycles. The Bertz CT molecular complexity index is 246. The molecular weight excluding hydrogens is 162 g/mol. The summed E-state index contributed by atoms with van der Waals surface area (Å²) in [6.07, 6.45) is -0.936. The molecule has 0 bridgehead atoms. The van der Waals surface area contributed by atoms with Gasteiger partial charge >= 0.3 is 5.97 Å². The molecule has 0 saturated carbocycles. The molecule has 1 unspecified atom stereocenters. The predicted molar refractivity (Wildman–Crippen MR) is 37.9 cm³/mol. The first kappa shape index (κ1) is 8.70. The molecule has 0 spiro atoms. The third-order valence-electron chi connectivity index (χ3n) is 1.65. The van der Waals surface area contributed by atoms with Gasteiger partial charge in [0.25, 0.3) is 5.91 Å². The molecule has 5 nitrogen and oxygen atoms in total. The Hall–Kier alpha value is -1.39. The van der Waals surface area contributed by atoms with Crippen LogP contribution in [0.15, 0.2) is 0 Å². The number of carbonyl (C=O) groups excluding carboxylic acids is 3. The van der Waals surface area contributed by atoms with E-state index < -0.39 is 18.0 Å². The molecule has 1 heterocycles. The third kappa shape index (κ3) is 1.44. The van der Waals surface area contributed by atoms with Gasteiger partial charge in [-0.3, -0.25) is 19.3 Å². The highest BCUT2D eigenvalue weighted by atomic mass is 16.5. The van der Waals surface area contributed by atoms with E-state index >= 15 is 0 Å². The van der Waals surface area contributed by atoms with E-state index in [2.05, 4.69) is 4.74 Å². The number of carbonyl (C=O) groups is 3. The van der Waals surface area contributed by atoms with Gasteiger partial charge in [0.05, 0.1) is 6.42 Å². The molecular formula is C7H9NO4. The van der Waals surface area contributed by atoms with Gasteiger partial charge in [-0.1, -0.05) is 0 Å². The van der Waals surface area contributed by atoms with Crippen LogP contribution in [0.5, 0.6) is 0 Å². The smallest absolute Gasteiger partial charge is 0.303 e. The maximum Gasteiger partial charge on any atom is 0.303 e. The summed E-state index contributed by atoms with van der Waals surface area (Å²) < 4.78 is 4.61. The van der Waals surface area contributed by atoms with Crippen LogP contribution >= 0.6 is 0 Å². The average molecular weight is 171 g/mol. The molecule has 1 atom stereocenters. The molecule has 0 aromatic rings. The molecule has 1 saturated heterocycles. The van der Waals surface area contributed by atoms with E-state index in [1.807, 2.05) is 0 Å². The number of likely N-dealkylation sites (tertiary alicyclic amines) is 1. The van der Waals surface area contributed by atoms with Crippen LogP contribution in [0, 0.1) is 0 Å².